The maximum atomic E-state index is 9.10. The van der Waals surface area contributed by atoms with Gasteiger partial charge >= 0.3 is 0 Å². The van der Waals surface area contributed by atoms with E-state index in [1.165, 1.54) is 0 Å². The summed E-state index contributed by atoms with van der Waals surface area (Å²) in [7, 11) is 0. The Kier molecular flexibility index (Phi) is 2.19. The standard InChI is InChI=1S/C6H9N3OS/c1-3-5(7)6(10)9-4(2-11)8-3/h11H,2,7H2,1H3,(H,8,9,10). The predicted octanol–water partition coefficient (Wildman–Crippen LogP) is 0.503. The van der Waals surface area contributed by atoms with Crippen LogP contribution >= 0.6 is 12.6 Å². The number of hydrogen-bond donors (Lipinski definition) is 3. The zero-order chi connectivity index (χ0) is 8.43. The van der Waals surface area contributed by atoms with E-state index < -0.39 is 0 Å². The molecule has 0 atom stereocenters. The highest BCUT2D eigenvalue weighted by Crippen LogP contribution is 2.19. The number of rotatable bonds is 1. The van der Waals surface area contributed by atoms with Crippen molar-refractivity contribution in [2.24, 2.45) is 0 Å². The summed E-state index contributed by atoms with van der Waals surface area (Å²) in [6.45, 7) is 1.71. The Balaban J connectivity index is 3.21. The van der Waals surface area contributed by atoms with Gasteiger partial charge in [0.05, 0.1) is 11.4 Å². The van der Waals surface area contributed by atoms with E-state index in [1.54, 1.807) is 6.92 Å². The monoisotopic (exact) mass is 171 g/mol. The highest BCUT2D eigenvalue weighted by Gasteiger charge is 2.05. The van der Waals surface area contributed by atoms with Crippen molar-refractivity contribution in [2.45, 2.75) is 12.7 Å². The minimum atomic E-state index is -0.165. The van der Waals surface area contributed by atoms with Gasteiger partial charge in [0.25, 0.3) is 0 Å². The molecular weight excluding hydrogens is 162 g/mol. The van der Waals surface area contributed by atoms with Crippen LogP contribution in [0.5, 0.6) is 5.88 Å². The van der Waals surface area contributed by atoms with Gasteiger partial charge in [0.15, 0.2) is 0 Å². The van der Waals surface area contributed by atoms with Crippen LogP contribution in [0.1, 0.15) is 11.5 Å². The molecule has 0 bridgehead atoms. The average molecular weight is 171 g/mol. The van der Waals surface area contributed by atoms with E-state index in [4.69, 9.17) is 10.8 Å². The fourth-order valence-electron chi connectivity index (χ4n) is 0.694. The lowest BCUT2D eigenvalue weighted by molar-refractivity contribution is 0.452. The van der Waals surface area contributed by atoms with E-state index in [9.17, 15) is 0 Å². The van der Waals surface area contributed by atoms with E-state index >= 15 is 0 Å². The quantitative estimate of drug-likeness (QED) is 0.538. The van der Waals surface area contributed by atoms with Crippen LogP contribution < -0.4 is 5.73 Å². The molecule has 1 rings (SSSR count). The molecule has 0 aliphatic rings. The van der Waals surface area contributed by atoms with Gasteiger partial charge in [0.1, 0.15) is 11.5 Å². The number of aromatic hydroxyl groups is 1. The van der Waals surface area contributed by atoms with Crippen molar-refractivity contribution >= 4 is 18.3 Å². The number of aryl methyl sites for hydroxylation is 1. The molecule has 60 valence electrons. The summed E-state index contributed by atoms with van der Waals surface area (Å²) in [6.07, 6.45) is 0. The van der Waals surface area contributed by atoms with Gasteiger partial charge in [-0.2, -0.15) is 17.6 Å². The number of aromatic nitrogens is 2. The van der Waals surface area contributed by atoms with Crippen LogP contribution in [0.4, 0.5) is 5.69 Å². The third kappa shape index (κ3) is 1.54. The SMILES string of the molecule is Cc1nc(CS)nc(O)c1N. The molecular formula is C6H9N3OS. The van der Waals surface area contributed by atoms with Gasteiger partial charge in [-0.05, 0) is 6.92 Å². The molecule has 0 radical (unpaired) electrons. The van der Waals surface area contributed by atoms with Crippen LogP contribution in [-0.4, -0.2) is 15.1 Å². The molecule has 0 amide bonds. The molecule has 1 aromatic rings. The molecule has 0 aliphatic carbocycles. The van der Waals surface area contributed by atoms with Gasteiger partial charge in [0, 0.05) is 0 Å². The molecule has 0 saturated carbocycles. The molecule has 0 aliphatic heterocycles. The highest BCUT2D eigenvalue weighted by atomic mass is 32.1. The molecule has 0 fully saturated rings. The maximum absolute atomic E-state index is 9.10. The Morgan fingerprint density at radius 2 is 2.18 bits per heavy atom. The second-order valence-electron chi connectivity index (χ2n) is 2.12. The first-order chi connectivity index (χ1) is 5.15. The molecule has 0 spiro atoms. The summed E-state index contributed by atoms with van der Waals surface area (Å²) in [5.41, 5.74) is 6.22. The fraction of sp³-hybridized carbons (Fsp3) is 0.333. The number of nitrogens with zero attached hydrogens (tertiary/aromatic N) is 2. The first-order valence-electron chi connectivity index (χ1n) is 3.08. The third-order valence-electron chi connectivity index (χ3n) is 1.30. The van der Waals surface area contributed by atoms with Crippen molar-refractivity contribution < 1.29 is 5.11 Å². The molecule has 0 unspecified atom stereocenters. The molecule has 1 heterocycles. The highest BCUT2D eigenvalue weighted by molar-refractivity contribution is 7.79. The lowest BCUT2D eigenvalue weighted by Gasteiger charge is -2.02. The Labute approximate surface area is 69.9 Å². The van der Waals surface area contributed by atoms with Crippen LogP contribution in [0.3, 0.4) is 0 Å². The molecule has 0 aromatic carbocycles. The number of nitrogen functional groups attached to an aromatic ring is 1. The number of hydrogen-bond acceptors (Lipinski definition) is 5. The Hall–Kier alpha value is -0.970. The largest absolute Gasteiger partial charge is 0.492 e. The second kappa shape index (κ2) is 2.96. The second-order valence-corrected chi connectivity index (χ2v) is 2.44. The molecule has 0 saturated heterocycles. The number of anilines is 1. The molecule has 11 heavy (non-hydrogen) atoms. The zero-order valence-corrected chi connectivity index (χ0v) is 6.97. The van der Waals surface area contributed by atoms with Gasteiger partial charge in [0.2, 0.25) is 5.88 Å². The summed E-state index contributed by atoms with van der Waals surface area (Å²) in [5, 5.41) is 9.10. The van der Waals surface area contributed by atoms with Crippen LogP contribution in [0.15, 0.2) is 0 Å². The van der Waals surface area contributed by atoms with Gasteiger partial charge in [-0.15, -0.1) is 0 Å². The fourth-order valence-corrected chi connectivity index (χ4v) is 0.835. The van der Waals surface area contributed by atoms with E-state index in [0.29, 0.717) is 17.3 Å². The zero-order valence-electron chi connectivity index (χ0n) is 6.07. The van der Waals surface area contributed by atoms with Crippen LogP contribution in [0.2, 0.25) is 0 Å². The minimum Gasteiger partial charge on any atom is -0.492 e. The van der Waals surface area contributed by atoms with Gasteiger partial charge in [-0.3, -0.25) is 0 Å². The van der Waals surface area contributed by atoms with Crippen molar-refractivity contribution in [1.82, 2.24) is 9.97 Å². The summed E-state index contributed by atoms with van der Waals surface area (Å²) >= 11 is 3.96. The van der Waals surface area contributed by atoms with E-state index in [-0.39, 0.29) is 11.6 Å². The smallest absolute Gasteiger partial charge is 0.238 e. The van der Waals surface area contributed by atoms with Gasteiger partial charge in [-0.25, -0.2) is 4.98 Å². The normalized spacial score (nSPS) is 10.0. The Morgan fingerprint density at radius 3 is 2.64 bits per heavy atom. The first kappa shape index (κ1) is 8.13. The van der Waals surface area contributed by atoms with E-state index in [1.807, 2.05) is 0 Å². The van der Waals surface area contributed by atoms with Crippen LogP contribution in [0.25, 0.3) is 0 Å². The first-order valence-corrected chi connectivity index (χ1v) is 3.71. The van der Waals surface area contributed by atoms with Crippen molar-refractivity contribution in [3.05, 3.63) is 11.5 Å². The van der Waals surface area contributed by atoms with E-state index in [2.05, 4.69) is 22.6 Å². The van der Waals surface area contributed by atoms with E-state index in [0.717, 1.165) is 0 Å². The van der Waals surface area contributed by atoms with Crippen molar-refractivity contribution in [2.75, 3.05) is 5.73 Å². The summed E-state index contributed by atoms with van der Waals surface area (Å²) in [6, 6.07) is 0. The Bertz CT molecular complexity index is 254. The summed E-state index contributed by atoms with van der Waals surface area (Å²) in [5.74, 6) is 0.716. The molecule has 5 heteroatoms. The van der Waals surface area contributed by atoms with Crippen molar-refractivity contribution in [3.8, 4) is 5.88 Å². The number of nitrogens with two attached hydrogens (primary N) is 1. The van der Waals surface area contributed by atoms with Crippen molar-refractivity contribution in [1.29, 1.82) is 0 Å². The van der Waals surface area contributed by atoms with Crippen LogP contribution in [0, 0.1) is 6.92 Å². The van der Waals surface area contributed by atoms with Crippen LogP contribution in [-0.2, 0) is 5.75 Å². The molecule has 4 nitrogen and oxygen atoms in total. The third-order valence-corrected chi connectivity index (χ3v) is 1.59. The predicted molar refractivity (Wildman–Crippen MR) is 45.5 cm³/mol. The lowest BCUT2D eigenvalue weighted by atomic mass is 10.3. The number of thiol groups is 1. The summed E-state index contributed by atoms with van der Waals surface area (Å²) < 4.78 is 0. The van der Waals surface area contributed by atoms with Crippen molar-refractivity contribution in [3.63, 3.8) is 0 Å². The Morgan fingerprint density at radius 1 is 1.55 bits per heavy atom. The lowest BCUT2D eigenvalue weighted by Crippen LogP contribution is -2.00. The van der Waals surface area contributed by atoms with Gasteiger partial charge < -0.3 is 10.8 Å². The topological polar surface area (TPSA) is 72.0 Å². The maximum Gasteiger partial charge on any atom is 0.238 e. The molecule has 3 N–H and O–H groups in total. The molecule has 1 aromatic heterocycles. The van der Waals surface area contributed by atoms with Gasteiger partial charge in [-0.1, -0.05) is 0 Å². The minimum absolute atomic E-state index is 0.165. The average Bonchev–Trinajstić information content (AvgIpc) is 1.99. The summed E-state index contributed by atoms with van der Waals surface area (Å²) in [4.78, 5) is 7.67.